The third-order valence-electron chi connectivity index (χ3n) is 4.86. The van der Waals surface area contributed by atoms with Crippen LogP contribution in [0.3, 0.4) is 0 Å². The normalized spacial score (nSPS) is 11.4. The molecule has 150 valence electrons. The number of para-hydroxylation sites is 1. The number of pyridine rings is 1. The van der Waals surface area contributed by atoms with Crippen LogP contribution in [0.2, 0.25) is 0 Å². The number of carbonyl (C=O) groups is 1. The molecule has 4 rings (SSSR count). The SMILES string of the molecule is CCS(=O)(=O)c1cccc(NC(=O)c2cc(-c3ccccc3)nc3ccccc23)c1. The lowest BCUT2D eigenvalue weighted by Gasteiger charge is -2.11. The number of hydrogen-bond acceptors (Lipinski definition) is 4. The van der Waals surface area contributed by atoms with E-state index in [2.05, 4.69) is 5.32 Å². The lowest BCUT2D eigenvalue weighted by molar-refractivity contribution is 0.102. The van der Waals surface area contributed by atoms with Crippen LogP contribution in [-0.2, 0) is 9.84 Å². The van der Waals surface area contributed by atoms with Gasteiger partial charge in [0.1, 0.15) is 0 Å². The lowest BCUT2D eigenvalue weighted by Crippen LogP contribution is -2.14. The van der Waals surface area contributed by atoms with E-state index in [1.165, 1.54) is 12.1 Å². The van der Waals surface area contributed by atoms with Crippen molar-refractivity contribution in [1.82, 2.24) is 4.98 Å². The predicted molar refractivity (Wildman–Crippen MR) is 119 cm³/mol. The first-order valence-electron chi connectivity index (χ1n) is 9.57. The van der Waals surface area contributed by atoms with E-state index in [9.17, 15) is 13.2 Å². The van der Waals surface area contributed by atoms with Gasteiger partial charge in [0.05, 0.1) is 27.4 Å². The van der Waals surface area contributed by atoms with Gasteiger partial charge in [0, 0.05) is 16.6 Å². The number of rotatable bonds is 5. The zero-order valence-corrected chi connectivity index (χ0v) is 17.2. The molecule has 6 heteroatoms. The Labute approximate surface area is 175 Å². The molecule has 4 aromatic rings. The first-order valence-corrected chi connectivity index (χ1v) is 11.2. The molecule has 0 bridgehead atoms. The first kappa shape index (κ1) is 19.8. The van der Waals surface area contributed by atoms with Crippen molar-refractivity contribution in [3.05, 3.63) is 90.5 Å². The molecule has 0 aliphatic heterocycles. The van der Waals surface area contributed by atoms with Crippen LogP contribution < -0.4 is 5.32 Å². The molecule has 1 N–H and O–H groups in total. The summed E-state index contributed by atoms with van der Waals surface area (Å²) in [5.41, 5.74) is 3.22. The summed E-state index contributed by atoms with van der Waals surface area (Å²) in [7, 11) is -3.36. The van der Waals surface area contributed by atoms with Gasteiger partial charge in [-0.05, 0) is 30.3 Å². The molecule has 5 nitrogen and oxygen atoms in total. The predicted octanol–water partition coefficient (Wildman–Crippen LogP) is 4.95. The fourth-order valence-electron chi connectivity index (χ4n) is 3.25. The lowest BCUT2D eigenvalue weighted by atomic mass is 10.0. The number of aromatic nitrogens is 1. The van der Waals surface area contributed by atoms with Crippen LogP contribution in [-0.4, -0.2) is 25.1 Å². The summed E-state index contributed by atoms with van der Waals surface area (Å²) < 4.78 is 24.3. The van der Waals surface area contributed by atoms with Gasteiger partial charge < -0.3 is 5.32 Å². The molecule has 0 saturated carbocycles. The number of carbonyl (C=O) groups excluding carboxylic acids is 1. The Kier molecular flexibility index (Phi) is 5.33. The molecule has 0 unspecified atom stereocenters. The van der Waals surface area contributed by atoms with Gasteiger partial charge in [-0.2, -0.15) is 0 Å². The second-order valence-electron chi connectivity index (χ2n) is 6.82. The standard InChI is InChI=1S/C24H20N2O3S/c1-2-30(28,29)19-12-8-11-18(15-19)25-24(27)21-16-23(17-9-4-3-5-10-17)26-22-14-7-6-13-20(21)22/h3-16H,2H2,1H3,(H,25,27). The highest BCUT2D eigenvalue weighted by Crippen LogP contribution is 2.26. The summed E-state index contributed by atoms with van der Waals surface area (Å²) in [6.45, 7) is 1.59. The summed E-state index contributed by atoms with van der Waals surface area (Å²) in [6, 6.07) is 25.2. The molecule has 0 fully saturated rings. The minimum Gasteiger partial charge on any atom is -0.322 e. The number of fused-ring (bicyclic) bond motifs is 1. The maximum absolute atomic E-state index is 13.2. The van der Waals surface area contributed by atoms with E-state index in [1.807, 2.05) is 54.6 Å². The van der Waals surface area contributed by atoms with Gasteiger partial charge in [0.2, 0.25) is 0 Å². The van der Waals surface area contributed by atoms with E-state index in [0.29, 0.717) is 22.5 Å². The number of amides is 1. The number of sulfone groups is 1. The number of nitrogens with zero attached hydrogens (tertiary/aromatic N) is 1. The van der Waals surface area contributed by atoms with Crippen molar-refractivity contribution in [2.24, 2.45) is 0 Å². The molecule has 0 radical (unpaired) electrons. The van der Waals surface area contributed by atoms with Gasteiger partial charge in [-0.25, -0.2) is 13.4 Å². The molecule has 0 atom stereocenters. The maximum Gasteiger partial charge on any atom is 0.256 e. The molecule has 0 aliphatic carbocycles. The largest absolute Gasteiger partial charge is 0.322 e. The summed E-state index contributed by atoms with van der Waals surface area (Å²) in [6.07, 6.45) is 0. The Balaban J connectivity index is 1.76. The minimum atomic E-state index is -3.36. The van der Waals surface area contributed by atoms with Crippen LogP contribution in [0.25, 0.3) is 22.2 Å². The molecule has 1 heterocycles. The average molecular weight is 417 g/mol. The van der Waals surface area contributed by atoms with Crippen LogP contribution in [0.1, 0.15) is 17.3 Å². The monoisotopic (exact) mass is 416 g/mol. The Bertz CT molecular complexity index is 1330. The Hall–Kier alpha value is -3.51. The Morgan fingerprint density at radius 1 is 0.900 bits per heavy atom. The third kappa shape index (κ3) is 3.95. The minimum absolute atomic E-state index is 0.000171. The molecular weight excluding hydrogens is 396 g/mol. The van der Waals surface area contributed by atoms with Crippen molar-refractivity contribution in [3.8, 4) is 11.3 Å². The summed E-state index contributed by atoms with van der Waals surface area (Å²) in [5, 5.41) is 3.56. The zero-order valence-electron chi connectivity index (χ0n) is 16.4. The van der Waals surface area contributed by atoms with E-state index < -0.39 is 9.84 Å². The van der Waals surface area contributed by atoms with Crippen molar-refractivity contribution in [3.63, 3.8) is 0 Å². The van der Waals surface area contributed by atoms with Gasteiger partial charge in [-0.15, -0.1) is 0 Å². The number of nitrogens with one attached hydrogen (secondary N) is 1. The van der Waals surface area contributed by atoms with Gasteiger partial charge in [-0.1, -0.05) is 61.5 Å². The van der Waals surface area contributed by atoms with Gasteiger partial charge in [0.15, 0.2) is 9.84 Å². The van der Waals surface area contributed by atoms with Crippen LogP contribution >= 0.6 is 0 Å². The van der Waals surface area contributed by atoms with Gasteiger partial charge in [0.25, 0.3) is 5.91 Å². The quantitative estimate of drug-likeness (QED) is 0.500. The van der Waals surface area contributed by atoms with Crippen molar-refractivity contribution in [1.29, 1.82) is 0 Å². The van der Waals surface area contributed by atoms with Crippen LogP contribution in [0.15, 0.2) is 89.8 Å². The van der Waals surface area contributed by atoms with E-state index in [1.54, 1.807) is 25.1 Å². The Morgan fingerprint density at radius 3 is 2.40 bits per heavy atom. The highest BCUT2D eigenvalue weighted by atomic mass is 32.2. The molecule has 1 amide bonds. The van der Waals surface area contributed by atoms with E-state index in [4.69, 9.17) is 4.98 Å². The van der Waals surface area contributed by atoms with Crippen molar-refractivity contribution >= 4 is 32.3 Å². The van der Waals surface area contributed by atoms with Gasteiger partial charge >= 0.3 is 0 Å². The topological polar surface area (TPSA) is 76.1 Å². The van der Waals surface area contributed by atoms with Gasteiger partial charge in [-0.3, -0.25) is 4.79 Å². The van der Waals surface area contributed by atoms with Crippen molar-refractivity contribution in [2.45, 2.75) is 11.8 Å². The summed E-state index contributed by atoms with van der Waals surface area (Å²) in [4.78, 5) is 18.0. The number of benzene rings is 3. The third-order valence-corrected chi connectivity index (χ3v) is 6.59. The molecule has 0 spiro atoms. The van der Waals surface area contributed by atoms with E-state index in [0.717, 1.165) is 10.9 Å². The summed E-state index contributed by atoms with van der Waals surface area (Å²) in [5.74, 6) is -0.323. The molecule has 0 aliphatic rings. The number of anilines is 1. The smallest absolute Gasteiger partial charge is 0.256 e. The number of hydrogen-bond donors (Lipinski definition) is 1. The van der Waals surface area contributed by atoms with E-state index >= 15 is 0 Å². The highest BCUT2D eigenvalue weighted by Gasteiger charge is 2.16. The van der Waals surface area contributed by atoms with Crippen molar-refractivity contribution in [2.75, 3.05) is 11.1 Å². The molecule has 30 heavy (non-hydrogen) atoms. The fraction of sp³-hybridized carbons (Fsp3) is 0.0833. The molecular formula is C24H20N2O3S. The second kappa shape index (κ2) is 8.08. The van der Waals surface area contributed by atoms with Crippen LogP contribution in [0.5, 0.6) is 0 Å². The van der Waals surface area contributed by atoms with E-state index in [-0.39, 0.29) is 16.6 Å². The fourth-order valence-corrected chi connectivity index (χ4v) is 4.18. The molecule has 3 aromatic carbocycles. The second-order valence-corrected chi connectivity index (χ2v) is 9.10. The van der Waals surface area contributed by atoms with Crippen molar-refractivity contribution < 1.29 is 13.2 Å². The average Bonchev–Trinajstić information content (AvgIpc) is 2.79. The molecule has 1 aromatic heterocycles. The first-order chi connectivity index (χ1) is 14.5. The zero-order chi connectivity index (χ0) is 21.1. The maximum atomic E-state index is 13.2. The van der Waals surface area contributed by atoms with Crippen LogP contribution in [0.4, 0.5) is 5.69 Å². The highest BCUT2D eigenvalue weighted by molar-refractivity contribution is 7.91. The van der Waals surface area contributed by atoms with Crippen LogP contribution in [0, 0.1) is 0 Å². The molecule has 0 saturated heterocycles. The Morgan fingerprint density at radius 2 is 1.63 bits per heavy atom. The summed E-state index contributed by atoms with van der Waals surface area (Å²) >= 11 is 0.